The van der Waals surface area contributed by atoms with Gasteiger partial charge in [-0.3, -0.25) is 0 Å². The van der Waals surface area contributed by atoms with Gasteiger partial charge >= 0.3 is 0 Å². The molecule has 0 aliphatic carbocycles. The minimum Gasteiger partial charge on any atom is -0.330 e. The van der Waals surface area contributed by atoms with Gasteiger partial charge in [-0.2, -0.15) is 0 Å². The smallest absolute Gasteiger partial charge is 0.178 e. The van der Waals surface area contributed by atoms with Crippen LogP contribution in [-0.2, 0) is 13.0 Å². The van der Waals surface area contributed by atoms with Crippen LogP contribution in [0, 0.1) is 23.3 Å². The topological polar surface area (TPSA) is 20.7 Å². The number of H-pyrrole nitrogens is 1. The van der Waals surface area contributed by atoms with Gasteiger partial charge in [-0.25, -0.2) is 8.78 Å². The predicted octanol–water partition coefficient (Wildman–Crippen LogP) is 4.53. The summed E-state index contributed by atoms with van der Waals surface area (Å²) in [7, 11) is 0. The van der Waals surface area contributed by atoms with Crippen molar-refractivity contribution in [3.63, 3.8) is 0 Å². The zero-order valence-corrected chi connectivity index (χ0v) is 12.3. The first-order valence-electron chi connectivity index (χ1n) is 6.68. The van der Waals surface area contributed by atoms with Crippen molar-refractivity contribution in [3.05, 3.63) is 63.9 Å². The Labute approximate surface area is 126 Å². The predicted molar refractivity (Wildman–Crippen MR) is 81.9 cm³/mol. The maximum absolute atomic E-state index is 13.6. The fraction of sp³-hybridized carbons (Fsp3) is 0.188. The fourth-order valence-corrected chi connectivity index (χ4v) is 2.70. The number of imidazole rings is 1. The zero-order chi connectivity index (χ0) is 15.0. The first-order chi connectivity index (χ1) is 10.0. The number of rotatable bonds is 3. The Hall–Kier alpha value is -2.01. The summed E-state index contributed by atoms with van der Waals surface area (Å²) >= 11 is 5.30. The molecule has 1 N–H and O–H groups in total. The Kier molecular flexibility index (Phi) is 3.59. The first-order valence-corrected chi connectivity index (χ1v) is 7.08. The monoisotopic (exact) mass is 304 g/mol. The van der Waals surface area contributed by atoms with Gasteiger partial charge in [-0.15, -0.1) is 0 Å². The van der Waals surface area contributed by atoms with E-state index in [1.165, 1.54) is 18.2 Å². The number of benzene rings is 2. The van der Waals surface area contributed by atoms with Crippen LogP contribution >= 0.6 is 12.2 Å². The summed E-state index contributed by atoms with van der Waals surface area (Å²) in [5.74, 6) is -0.488. The number of nitrogens with zero attached hydrogens (tertiary/aromatic N) is 1. The average Bonchev–Trinajstić information content (AvgIpc) is 2.74. The second-order valence-corrected chi connectivity index (χ2v) is 5.46. The molecule has 108 valence electrons. The number of aromatic nitrogens is 2. The van der Waals surface area contributed by atoms with E-state index in [-0.39, 0.29) is 11.6 Å². The van der Waals surface area contributed by atoms with Crippen LogP contribution in [0.5, 0.6) is 0 Å². The Balaban J connectivity index is 1.93. The Morgan fingerprint density at radius 1 is 1.14 bits per heavy atom. The summed E-state index contributed by atoms with van der Waals surface area (Å²) in [5.41, 5.74) is 3.21. The standard InChI is InChI=1S/C16H14F2N2S/c1-10-8-15-14(9-13(10)18)19-16(21)20(15)7-6-11-2-4-12(17)5-3-11/h2-5,8-9H,6-7H2,1H3,(H,19,21). The molecule has 1 heterocycles. The molecule has 2 aromatic carbocycles. The van der Waals surface area contributed by atoms with Gasteiger partial charge in [0.25, 0.3) is 0 Å². The van der Waals surface area contributed by atoms with Crippen LogP contribution in [0.15, 0.2) is 36.4 Å². The second-order valence-electron chi connectivity index (χ2n) is 5.08. The van der Waals surface area contributed by atoms with E-state index in [0.29, 0.717) is 22.4 Å². The highest BCUT2D eigenvalue weighted by atomic mass is 32.1. The lowest BCUT2D eigenvalue weighted by Crippen LogP contribution is -2.01. The van der Waals surface area contributed by atoms with E-state index < -0.39 is 0 Å². The third-order valence-electron chi connectivity index (χ3n) is 3.59. The maximum atomic E-state index is 13.6. The summed E-state index contributed by atoms with van der Waals surface area (Å²) in [6.07, 6.45) is 0.734. The van der Waals surface area contributed by atoms with Crippen LogP contribution in [0.3, 0.4) is 0 Å². The number of fused-ring (bicyclic) bond motifs is 1. The van der Waals surface area contributed by atoms with Crippen molar-refractivity contribution >= 4 is 23.3 Å². The SMILES string of the molecule is Cc1cc2c(cc1F)[nH]c(=S)n2CCc1ccc(F)cc1. The lowest BCUT2D eigenvalue weighted by Gasteiger charge is -2.06. The van der Waals surface area contributed by atoms with Gasteiger partial charge in [0.15, 0.2) is 4.77 Å². The molecule has 0 radical (unpaired) electrons. The summed E-state index contributed by atoms with van der Waals surface area (Å²) in [4.78, 5) is 3.02. The summed E-state index contributed by atoms with van der Waals surface area (Å²) in [5, 5.41) is 0. The molecule has 3 aromatic rings. The van der Waals surface area contributed by atoms with Crippen LogP contribution in [0.25, 0.3) is 11.0 Å². The molecule has 21 heavy (non-hydrogen) atoms. The van der Waals surface area contributed by atoms with E-state index in [9.17, 15) is 8.78 Å². The van der Waals surface area contributed by atoms with E-state index in [1.807, 2.05) is 4.57 Å². The minimum absolute atomic E-state index is 0.242. The number of aromatic amines is 1. The summed E-state index contributed by atoms with van der Waals surface area (Å²) < 4.78 is 29.0. The van der Waals surface area contributed by atoms with Crippen molar-refractivity contribution in [1.82, 2.24) is 9.55 Å². The van der Waals surface area contributed by atoms with Crippen LogP contribution in [-0.4, -0.2) is 9.55 Å². The Bertz CT molecular complexity index is 847. The van der Waals surface area contributed by atoms with Gasteiger partial charge in [0.05, 0.1) is 11.0 Å². The number of hydrogen-bond acceptors (Lipinski definition) is 1. The van der Waals surface area contributed by atoms with E-state index in [2.05, 4.69) is 4.98 Å². The van der Waals surface area contributed by atoms with Crippen LogP contribution in [0.2, 0.25) is 0 Å². The molecule has 3 rings (SSSR count). The molecule has 0 spiro atoms. The molecule has 0 unspecified atom stereocenters. The molecular formula is C16H14F2N2S. The molecule has 0 saturated heterocycles. The van der Waals surface area contributed by atoms with Gasteiger partial charge in [0.1, 0.15) is 11.6 Å². The third kappa shape index (κ3) is 2.74. The van der Waals surface area contributed by atoms with Crippen LogP contribution in [0.4, 0.5) is 8.78 Å². The van der Waals surface area contributed by atoms with Gasteiger partial charge in [0.2, 0.25) is 0 Å². The number of aryl methyl sites for hydroxylation is 3. The van der Waals surface area contributed by atoms with Crippen LogP contribution in [0.1, 0.15) is 11.1 Å². The minimum atomic E-state index is -0.246. The number of nitrogens with one attached hydrogen (secondary N) is 1. The number of hydrogen-bond donors (Lipinski definition) is 1. The maximum Gasteiger partial charge on any atom is 0.178 e. The molecule has 1 aromatic heterocycles. The van der Waals surface area contributed by atoms with Gasteiger partial charge < -0.3 is 9.55 Å². The van der Waals surface area contributed by atoms with E-state index in [4.69, 9.17) is 12.2 Å². The van der Waals surface area contributed by atoms with E-state index >= 15 is 0 Å². The molecular weight excluding hydrogens is 290 g/mol. The summed E-state index contributed by atoms with van der Waals surface area (Å²) in [6, 6.07) is 9.68. The third-order valence-corrected chi connectivity index (χ3v) is 3.91. The second kappa shape index (κ2) is 5.41. The molecule has 0 aliphatic rings. The largest absolute Gasteiger partial charge is 0.330 e. The lowest BCUT2D eigenvalue weighted by atomic mass is 10.1. The fourth-order valence-electron chi connectivity index (χ4n) is 2.40. The molecule has 5 heteroatoms. The average molecular weight is 304 g/mol. The summed E-state index contributed by atoms with van der Waals surface area (Å²) in [6.45, 7) is 2.39. The highest BCUT2D eigenvalue weighted by molar-refractivity contribution is 7.71. The van der Waals surface area contributed by atoms with E-state index in [0.717, 1.165) is 17.5 Å². The van der Waals surface area contributed by atoms with Gasteiger partial charge in [-0.05, 0) is 61.0 Å². The highest BCUT2D eigenvalue weighted by Crippen LogP contribution is 2.19. The quantitative estimate of drug-likeness (QED) is 0.705. The van der Waals surface area contributed by atoms with Gasteiger partial charge in [0, 0.05) is 6.54 Å². The van der Waals surface area contributed by atoms with Crippen molar-refractivity contribution in [1.29, 1.82) is 0 Å². The highest BCUT2D eigenvalue weighted by Gasteiger charge is 2.08. The van der Waals surface area contributed by atoms with Crippen molar-refractivity contribution in [2.75, 3.05) is 0 Å². The molecule has 0 fully saturated rings. The molecule has 0 aliphatic heterocycles. The van der Waals surface area contributed by atoms with Crippen molar-refractivity contribution in [2.24, 2.45) is 0 Å². The molecule has 0 bridgehead atoms. The van der Waals surface area contributed by atoms with Crippen LogP contribution < -0.4 is 0 Å². The first kappa shape index (κ1) is 13.9. The van der Waals surface area contributed by atoms with Gasteiger partial charge in [-0.1, -0.05) is 12.1 Å². The molecule has 0 saturated carbocycles. The Morgan fingerprint density at radius 2 is 1.86 bits per heavy atom. The lowest BCUT2D eigenvalue weighted by molar-refractivity contribution is 0.620. The molecule has 2 nitrogen and oxygen atoms in total. The Morgan fingerprint density at radius 3 is 2.57 bits per heavy atom. The molecule has 0 amide bonds. The van der Waals surface area contributed by atoms with Crippen molar-refractivity contribution in [2.45, 2.75) is 19.9 Å². The van der Waals surface area contributed by atoms with E-state index in [1.54, 1.807) is 25.1 Å². The van der Waals surface area contributed by atoms with Crippen molar-refractivity contribution in [3.8, 4) is 0 Å². The van der Waals surface area contributed by atoms with Crippen molar-refractivity contribution < 1.29 is 8.78 Å². The normalized spacial score (nSPS) is 11.2. The number of halogens is 2. The zero-order valence-electron chi connectivity index (χ0n) is 11.5. The molecule has 0 atom stereocenters.